The summed E-state index contributed by atoms with van der Waals surface area (Å²) in [5.41, 5.74) is -5.45. The number of alkyl halides is 6. The van der Waals surface area contributed by atoms with Crippen LogP contribution in [0.4, 0.5) is 35.1 Å². The zero-order valence-corrected chi connectivity index (χ0v) is 11.4. The van der Waals surface area contributed by atoms with Gasteiger partial charge in [0.05, 0.1) is 11.1 Å². The monoisotopic (exact) mass is 351 g/mol. The minimum atomic E-state index is -5.08. The van der Waals surface area contributed by atoms with Crippen LogP contribution in [0.2, 0.25) is 0 Å². The lowest BCUT2D eigenvalue weighted by Crippen LogP contribution is -2.11. The molecule has 2 aromatic carbocycles. The first kappa shape index (κ1) is 17.7. The third-order valence-electron chi connectivity index (χ3n) is 3.07. The van der Waals surface area contributed by atoms with Gasteiger partial charge in [-0.1, -0.05) is 0 Å². The third kappa shape index (κ3) is 3.48. The van der Waals surface area contributed by atoms with E-state index in [1.807, 2.05) is 0 Å². The van der Waals surface area contributed by atoms with Crippen LogP contribution in [0, 0.1) is 23.0 Å². The van der Waals surface area contributed by atoms with Crippen molar-refractivity contribution in [2.24, 2.45) is 0 Å². The van der Waals surface area contributed by atoms with Crippen molar-refractivity contribution >= 4 is 0 Å². The maximum absolute atomic E-state index is 13.6. The molecule has 0 bridgehead atoms. The fourth-order valence-corrected chi connectivity index (χ4v) is 1.97. The molecule has 0 aromatic heterocycles. The lowest BCUT2D eigenvalue weighted by atomic mass is 9.98. The normalized spacial score (nSPS) is 12.1. The van der Waals surface area contributed by atoms with Crippen LogP contribution in [0.3, 0.4) is 0 Å². The molecule has 0 radical (unpaired) electrons. The van der Waals surface area contributed by atoms with E-state index in [2.05, 4.69) is 0 Å². The molecule has 0 heterocycles. The fourth-order valence-electron chi connectivity index (χ4n) is 1.97. The molecule has 0 aliphatic heterocycles. The predicted molar refractivity (Wildman–Crippen MR) is 66.5 cm³/mol. The molecule has 0 spiro atoms. The number of benzene rings is 2. The van der Waals surface area contributed by atoms with Crippen molar-refractivity contribution in [1.82, 2.24) is 0 Å². The molecule has 9 heteroatoms. The second-order valence-corrected chi connectivity index (χ2v) is 4.72. The first-order valence-electron chi connectivity index (χ1n) is 6.12. The average Bonchev–Trinajstić information content (AvgIpc) is 2.44. The van der Waals surface area contributed by atoms with Crippen LogP contribution in [0.25, 0.3) is 11.1 Å². The van der Waals surface area contributed by atoms with Crippen molar-refractivity contribution < 1.29 is 35.1 Å². The van der Waals surface area contributed by atoms with Crippen molar-refractivity contribution in [3.63, 3.8) is 0 Å². The van der Waals surface area contributed by atoms with Gasteiger partial charge >= 0.3 is 12.4 Å². The Bertz CT molecular complexity index is 772. The summed E-state index contributed by atoms with van der Waals surface area (Å²) in [5, 5.41) is 8.53. The molecule has 1 nitrogen and oxygen atoms in total. The lowest BCUT2D eigenvalue weighted by Gasteiger charge is -2.14. The van der Waals surface area contributed by atoms with Gasteiger partial charge in [0, 0.05) is 0 Å². The van der Waals surface area contributed by atoms with E-state index in [4.69, 9.17) is 5.26 Å². The minimum Gasteiger partial charge on any atom is -0.205 e. The summed E-state index contributed by atoms with van der Waals surface area (Å²) < 4.78 is 104. The highest BCUT2D eigenvalue weighted by Crippen LogP contribution is 2.39. The van der Waals surface area contributed by atoms with Crippen LogP contribution in [0.5, 0.6) is 0 Å². The van der Waals surface area contributed by atoms with Gasteiger partial charge in [0.25, 0.3) is 0 Å². The van der Waals surface area contributed by atoms with Gasteiger partial charge in [-0.15, -0.1) is 0 Å². The molecule has 2 rings (SSSR count). The Morgan fingerprint density at radius 2 is 1.04 bits per heavy atom. The first-order valence-corrected chi connectivity index (χ1v) is 6.12. The topological polar surface area (TPSA) is 23.8 Å². The van der Waals surface area contributed by atoms with Crippen molar-refractivity contribution in [1.29, 1.82) is 5.26 Å². The third-order valence-corrected chi connectivity index (χ3v) is 3.07. The minimum absolute atomic E-state index is 0.0974. The summed E-state index contributed by atoms with van der Waals surface area (Å²) in [4.78, 5) is 0. The maximum Gasteiger partial charge on any atom is 0.416 e. The molecule has 0 unspecified atom stereocenters. The van der Waals surface area contributed by atoms with Gasteiger partial charge in [-0.25, -0.2) is 8.78 Å². The van der Waals surface area contributed by atoms with E-state index < -0.39 is 51.8 Å². The Hall–Kier alpha value is -2.63. The molecule has 126 valence electrons. The number of hydrogen-bond acceptors (Lipinski definition) is 1. The van der Waals surface area contributed by atoms with Crippen LogP contribution < -0.4 is 0 Å². The highest BCUT2D eigenvalue weighted by molar-refractivity contribution is 5.67. The van der Waals surface area contributed by atoms with Gasteiger partial charge in [-0.05, 0) is 41.5 Å². The van der Waals surface area contributed by atoms with Crippen molar-refractivity contribution in [2.75, 3.05) is 0 Å². The molecule has 0 saturated heterocycles. The highest BCUT2D eigenvalue weighted by Gasteiger charge is 2.37. The van der Waals surface area contributed by atoms with Crippen molar-refractivity contribution in [3.05, 3.63) is 58.7 Å². The number of rotatable bonds is 1. The number of nitriles is 1. The Balaban J connectivity index is 2.73. The van der Waals surface area contributed by atoms with E-state index in [1.165, 1.54) is 6.07 Å². The summed E-state index contributed by atoms with van der Waals surface area (Å²) in [6, 6.07) is 2.79. The van der Waals surface area contributed by atoms with Crippen molar-refractivity contribution in [2.45, 2.75) is 12.4 Å². The Morgan fingerprint density at radius 3 is 1.38 bits per heavy atom. The van der Waals surface area contributed by atoms with E-state index >= 15 is 0 Å². The summed E-state index contributed by atoms with van der Waals surface area (Å²) in [6.07, 6.45) is -10.2. The average molecular weight is 351 g/mol. The summed E-state index contributed by atoms with van der Waals surface area (Å²) in [7, 11) is 0. The van der Waals surface area contributed by atoms with Crippen LogP contribution in [-0.4, -0.2) is 0 Å². The van der Waals surface area contributed by atoms with Gasteiger partial charge in [0.1, 0.15) is 23.3 Å². The van der Waals surface area contributed by atoms with Gasteiger partial charge in [-0.3, -0.25) is 0 Å². The molecule has 0 N–H and O–H groups in total. The summed E-state index contributed by atoms with van der Waals surface area (Å²) >= 11 is 0. The number of hydrogen-bond donors (Lipinski definition) is 0. The van der Waals surface area contributed by atoms with Gasteiger partial charge < -0.3 is 0 Å². The van der Waals surface area contributed by atoms with Crippen LogP contribution in [-0.2, 0) is 12.4 Å². The summed E-state index contributed by atoms with van der Waals surface area (Å²) in [6.45, 7) is 0. The molecular weight excluding hydrogens is 346 g/mol. The summed E-state index contributed by atoms with van der Waals surface area (Å²) in [5.74, 6) is -2.78. The van der Waals surface area contributed by atoms with Crippen LogP contribution in [0.15, 0.2) is 30.3 Å². The standard InChI is InChI=1S/C15H5F8N/c16-12-3-8(4-13(17)11(12)6-24)7-1-9(14(18,19)20)5-10(2-7)15(21,22)23/h1-5H. The van der Waals surface area contributed by atoms with Crippen LogP contribution >= 0.6 is 0 Å². The van der Waals surface area contributed by atoms with Gasteiger partial charge in [-0.2, -0.15) is 31.6 Å². The molecule has 24 heavy (non-hydrogen) atoms. The van der Waals surface area contributed by atoms with Gasteiger partial charge in [0.15, 0.2) is 0 Å². The SMILES string of the molecule is N#Cc1c(F)cc(-c2cc(C(F)(F)F)cc(C(F)(F)F)c2)cc1F. The zero-order chi connectivity index (χ0) is 18.3. The molecule has 2 aromatic rings. The Morgan fingerprint density at radius 1 is 0.667 bits per heavy atom. The van der Waals surface area contributed by atoms with Gasteiger partial charge in [0.2, 0.25) is 0 Å². The first-order chi connectivity index (χ1) is 10.9. The largest absolute Gasteiger partial charge is 0.416 e. The molecule has 0 saturated carbocycles. The number of nitrogens with zero attached hydrogens (tertiary/aromatic N) is 1. The van der Waals surface area contributed by atoms with E-state index in [9.17, 15) is 35.1 Å². The molecule has 0 amide bonds. The van der Waals surface area contributed by atoms with E-state index in [0.29, 0.717) is 24.3 Å². The quantitative estimate of drug-likeness (QED) is 0.619. The number of halogens is 8. The zero-order valence-electron chi connectivity index (χ0n) is 11.4. The Kier molecular flexibility index (Phi) is 4.27. The molecule has 0 atom stereocenters. The molecule has 0 aliphatic rings. The molecular formula is C15H5F8N. The second-order valence-electron chi connectivity index (χ2n) is 4.72. The van der Waals surface area contributed by atoms with E-state index in [1.54, 1.807) is 0 Å². The predicted octanol–water partition coefficient (Wildman–Crippen LogP) is 5.54. The van der Waals surface area contributed by atoms with E-state index in [-0.39, 0.29) is 6.07 Å². The second kappa shape index (κ2) is 5.78. The van der Waals surface area contributed by atoms with E-state index in [0.717, 1.165) is 0 Å². The van der Waals surface area contributed by atoms with Crippen molar-refractivity contribution in [3.8, 4) is 17.2 Å². The molecule has 0 aliphatic carbocycles. The van der Waals surface area contributed by atoms with Crippen LogP contribution in [0.1, 0.15) is 16.7 Å². The molecule has 0 fully saturated rings. The highest BCUT2D eigenvalue weighted by atomic mass is 19.4. The lowest BCUT2D eigenvalue weighted by molar-refractivity contribution is -0.143. The Labute approximate surface area is 129 Å². The smallest absolute Gasteiger partial charge is 0.205 e. The maximum atomic E-state index is 13.6. The fraction of sp³-hybridized carbons (Fsp3) is 0.133.